The first-order valence-electron chi connectivity index (χ1n) is 13.2. The molecule has 9 heteroatoms. The van der Waals surface area contributed by atoms with E-state index in [-0.39, 0.29) is 23.7 Å². The van der Waals surface area contributed by atoms with Crippen molar-refractivity contribution in [2.24, 2.45) is 17.6 Å². The first kappa shape index (κ1) is 25.7. The summed E-state index contributed by atoms with van der Waals surface area (Å²) in [5.41, 5.74) is 7.68. The quantitative estimate of drug-likeness (QED) is 0.383. The molecule has 2 saturated heterocycles. The van der Waals surface area contributed by atoms with Gasteiger partial charge in [0.15, 0.2) is 5.78 Å². The van der Waals surface area contributed by atoms with Crippen molar-refractivity contribution in [3.05, 3.63) is 51.6 Å². The Bertz CT molecular complexity index is 1200. The van der Waals surface area contributed by atoms with Crippen LogP contribution in [0.25, 0.3) is 0 Å². The maximum absolute atomic E-state index is 13.3. The SMILES string of the molecule is CC(C)CNc1cc(C(=O)NC2C[C@H]3CC[C@@H](C2)N3c2ccc(C(=O)C3CC3)cn2)c(Br)cc1C(N)=O. The van der Waals surface area contributed by atoms with Crippen molar-refractivity contribution in [1.82, 2.24) is 10.3 Å². The maximum Gasteiger partial charge on any atom is 0.252 e. The lowest BCUT2D eigenvalue weighted by Crippen LogP contribution is -2.50. The molecule has 1 aromatic carbocycles. The Morgan fingerprint density at radius 1 is 1.08 bits per heavy atom. The number of hydrogen-bond acceptors (Lipinski definition) is 6. The fraction of sp³-hybridized carbons (Fsp3) is 0.500. The molecule has 2 bridgehead atoms. The Balaban J connectivity index is 1.26. The summed E-state index contributed by atoms with van der Waals surface area (Å²) in [6.07, 6.45) is 7.49. The number of nitrogens with two attached hydrogens (primary N) is 1. The monoisotopic (exact) mass is 567 g/mol. The van der Waals surface area contributed by atoms with Crippen molar-refractivity contribution < 1.29 is 14.4 Å². The number of nitrogens with zero attached hydrogens (tertiary/aromatic N) is 2. The number of nitrogens with one attached hydrogen (secondary N) is 2. The molecule has 2 aromatic rings. The number of carbonyl (C=O) groups is 3. The van der Waals surface area contributed by atoms with Crippen molar-refractivity contribution in [2.75, 3.05) is 16.8 Å². The van der Waals surface area contributed by atoms with Gasteiger partial charge in [-0.15, -0.1) is 0 Å². The Hall–Kier alpha value is -2.94. The van der Waals surface area contributed by atoms with Gasteiger partial charge in [0.25, 0.3) is 11.8 Å². The molecule has 196 valence electrons. The minimum absolute atomic E-state index is 0.0479. The van der Waals surface area contributed by atoms with E-state index in [4.69, 9.17) is 5.73 Å². The second kappa shape index (κ2) is 10.4. The van der Waals surface area contributed by atoms with Crippen LogP contribution in [0.2, 0.25) is 0 Å². The standard InChI is InChI=1S/C28H34BrN5O3/c1-15(2)13-31-24-12-21(23(29)11-22(24)27(30)36)28(37)33-18-9-19-6-7-20(10-18)34(19)25-8-5-17(14-32-25)26(35)16-3-4-16/h5,8,11-12,14-16,18-20,31H,3-4,6-7,9-10,13H2,1-2H3,(H2,30,36)(H,33,37)/t18?,19-,20+. The molecule has 4 N–H and O–H groups in total. The Labute approximate surface area is 225 Å². The molecular weight excluding hydrogens is 534 g/mol. The summed E-state index contributed by atoms with van der Waals surface area (Å²) in [5.74, 6) is 0.969. The summed E-state index contributed by atoms with van der Waals surface area (Å²) in [7, 11) is 0. The summed E-state index contributed by atoms with van der Waals surface area (Å²) >= 11 is 3.46. The van der Waals surface area contributed by atoms with Gasteiger partial charge < -0.3 is 21.3 Å². The van der Waals surface area contributed by atoms with E-state index in [0.717, 1.165) is 44.3 Å². The smallest absolute Gasteiger partial charge is 0.252 e. The van der Waals surface area contributed by atoms with Crippen LogP contribution in [0.1, 0.15) is 83.4 Å². The number of Topliss-reactive ketones (excluding diaryl/α,β-unsaturated/α-hetero) is 1. The molecule has 2 amide bonds. The molecule has 1 aromatic heterocycles. The fourth-order valence-corrected chi connectivity index (χ4v) is 6.13. The van der Waals surface area contributed by atoms with Gasteiger partial charge in [-0.05, 0) is 84.6 Å². The highest BCUT2D eigenvalue weighted by Gasteiger charge is 2.42. The summed E-state index contributed by atoms with van der Waals surface area (Å²) in [6, 6.07) is 7.86. The third-order valence-corrected chi connectivity index (χ3v) is 8.29. The van der Waals surface area contributed by atoms with E-state index in [1.54, 1.807) is 18.3 Å². The topological polar surface area (TPSA) is 117 Å². The molecule has 3 heterocycles. The molecule has 5 rings (SSSR count). The molecule has 37 heavy (non-hydrogen) atoms. The zero-order valence-corrected chi connectivity index (χ0v) is 22.9. The summed E-state index contributed by atoms with van der Waals surface area (Å²) < 4.78 is 0.541. The van der Waals surface area contributed by atoms with Crippen molar-refractivity contribution in [1.29, 1.82) is 0 Å². The average molecular weight is 569 g/mol. The van der Waals surface area contributed by atoms with Crippen molar-refractivity contribution in [3.63, 3.8) is 0 Å². The number of carbonyl (C=O) groups excluding carboxylic acids is 3. The number of halogens is 1. The highest BCUT2D eigenvalue weighted by atomic mass is 79.9. The number of anilines is 2. The number of amides is 2. The molecule has 1 aliphatic carbocycles. The molecule has 3 atom stereocenters. The van der Waals surface area contributed by atoms with Crippen LogP contribution in [0.3, 0.4) is 0 Å². The van der Waals surface area contributed by atoms with Gasteiger partial charge in [-0.25, -0.2) is 4.98 Å². The number of fused-ring (bicyclic) bond motifs is 2. The van der Waals surface area contributed by atoms with E-state index in [1.165, 1.54) is 0 Å². The van der Waals surface area contributed by atoms with Crippen LogP contribution >= 0.6 is 15.9 Å². The molecule has 0 spiro atoms. The van der Waals surface area contributed by atoms with Crippen LogP contribution in [-0.2, 0) is 0 Å². The molecule has 3 aliphatic rings. The highest BCUT2D eigenvalue weighted by Crippen LogP contribution is 2.39. The third-order valence-electron chi connectivity index (χ3n) is 7.63. The molecule has 1 unspecified atom stereocenters. The lowest BCUT2D eigenvalue weighted by molar-refractivity contribution is 0.0923. The number of ketones is 1. The van der Waals surface area contributed by atoms with Crippen molar-refractivity contribution in [2.45, 2.75) is 70.5 Å². The normalized spacial score (nSPS) is 22.7. The largest absolute Gasteiger partial charge is 0.384 e. The van der Waals surface area contributed by atoms with Crippen LogP contribution in [0, 0.1) is 11.8 Å². The zero-order valence-electron chi connectivity index (χ0n) is 21.3. The number of rotatable bonds is 9. The highest BCUT2D eigenvalue weighted by molar-refractivity contribution is 9.10. The van der Waals surface area contributed by atoms with Crippen LogP contribution in [0.4, 0.5) is 11.5 Å². The van der Waals surface area contributed by atoms with Gasteiger partial charge >= 0.3 is 0 Å². The summed E-state index contributed by atoms with van der Waals surface area (Å²) in [5, 5.41) is 6.48. The second-order valence-corrected chi connectivity index (χ2v) is 11.8. The molecule has 1 saturated carbocycles. The maximum atomic E-state index is 13.3. The van der Waals surface area contributed by atoms with Crippen LogP contribution in [0.5, 0.6) is 0 Å². The zero-order chi connectivity index (χ0) is 26.3. The number of aromatic nitrogens is 1. The lowest BCUT2D eigenvalue weighted by atomic mass is 9.96. The first-order chi connectivity index (χ1) is 17.7. The minimum atomic E-state index is -0.540. The molecule has 8 nitrogen and oxygen atoms in total. The van der Waals surface area contributed by atoms with Crippen LogP contribution < -0.4 is 21.3 Å². The first-order valence-corrected chi connectivity index (χ1v) is 14.0. The predicted molar refractivity (Wildman–Crippen MR) is 147 cm³/mol. The van der Waals surface area contributed by atoms with Gasteiger partial charge in [-0.3, -0.25) is 14.4 Å². The molecular formula is C28H34BrN5O3. The number of piperidine rings is 1. The lowest BCUT2D eigenvalue weighted by Gasteiger charge is -2.40. The summed E-state index contributed by atoms with van der Waals surface area (Å²) in [4.78, 5) is 44.6. The van der Waals surface area contributed by atoms with Gasteiger partial charge in [0.2, 0.25) is 0 Å². The van der Waals surface area contributed by atoms with E-state index in [0.29, 0.717) is 51.4 Å². The molecule has 2 aliphatic heterocycles. The van der Waals surface area contributed by atoms with Gasteiger partial charge in [-0.1, -0.05) is 13.8 Å². The van der Waals surface area contributed by atoms with Crippen LogP contribution in [0.15, 0.2) is 34.9 Å². The molecule has 0 radical (unpaired) electrons. The average Bonchev–Trinajstić information content (AvgIpc) is 3.67. The minimum Gasteiger partial charge on any atom is -0.384 e. The van der Waals surface area contributed by atoms with Gasteiger partial charge in [0.05, 0.1) is 11.1 Å². The van der Waals surface area contributed by atoms with Crippen LogP contribution in [-0.4, -0.2) is 47.3 Å². The van der Waals surface area contributed by atoms with E-state index in [2.05, 4.69) is 50.3 Å². The Kier molecular flexibility index (Phi) is 7.25. The van der Waals surface area contributed by atoms with E-state index in [1.807, 2.05) is 12.1 Å². The fourth-order valence-electron chi connectivity index (χ4n) is 5.61. The molecule has 3 fully saturated rings. The van der Waals surface area contributed by atoms with Gasteiger partial charge in [-0.2, -0.15) is 0 Å². The third kappa shape index (κ3) is 5.51. The summed E-state index contributed by atoms with van der Waals surface area (Å²) in [6.45, 7) is 4.80. The Morgan fingerprint density at radius 2 is 1.78 bits per heavy atom. The number of primary amides is 1. The number of benzene rings is 1. The van der Waals surface area contributed by atoms with Crippen molar-refractivity contribution >= 4 is 45.0 Å². The Morgan fingerprint density at radius 3 is 2.35 bits per heavy atom. The van der Waals surface area contributed by atoms with E-state index < -0.39 is 5.91 Å². The van der Waals surface area contributed by atoms with Crippen molar-refractivity contribution in [3.8, 4) is 0 Å². The van der Waals surface area contributed by atoms with E-state index >= 15 is 0 Å². The second-order valence-electron chi connectivity index (χ2n) is 11.0. The number of hydrogen-bond donors (Lipinski definition) is 3. The van der Waals surface area contributed by atoms with Gasteiger partial charge in [0.1, 0.15) is 5.82 Å². The van der Waals surface area contributed by atoms with Gasteiger partial charge in [0, 0.05) is 52.5 Å². The predicted octanol–water partition coefficient (Wildman–Crippen LogP) is 4.53. The number of pyridine rings is 1. The van der Waals surface area contributed by atoms with E-state index in [9.17, 15) is 14.4 Å².